The molecule has 1 aliphatic heterocycles. The summed E-state index contributed by atoms with van der Waals surface area (Å²) in [6.45, 7) is 1.68. The number of Topliss-reactive ketones (excluding diaryl/α,β-unsaturated/α-hetero) is 1. The highest BCUT2D eigenvalue weighted by atomic mass is 35.5. The van der Waals surface area contributed by atoms with E-state index in [1.165, 1.54) is 10.9 Å². The predicted molar refractivity (Wildman–Crippen MR) is 168 cm³/mol. The number of nitrogens with zero attached hydrogens (tertiary/aromatic N) is 4. The molecule has 1 unspecified atom stereocenters. The number of fused-ring (bicyclic) bond motifs is 1. The van der Waals surface area contributed by atoms with Gasteiger partial charge in [-0.15, -0.1) is 0 Å². The van der Waals surface area contributed by atoms with Crippen LogP contribution in [-0.4, -0.2) is 71.4 Å². The summed E-state index contributed by atoms with van der Waals surface area (Å²) in [6, 6.07) is 8.28. The van der Waals surface area contributed by atoms with Crippen molar-refractivity contribution >= 4 is 29.0 Å². The van der Waals surface area contributed by atoms with Crippen LogP contribution in [0.3, 0.4) is 0 Å². The van der Waals surface area contributed by atoms with Crippen molar-refractivity contribution in [2.45, 2.75) is 25.7 Å². The number of ketones is 1. The summed E-state index contributed by atoms with van der Waals surface area (Å²) in [5.74, 6) is -0.825. The van der Waals surface area contributed by atoms with Crippen molar-refractivity contribution in [3.63, 3.8) is 0 Å². The molecule has 0 fully saturated rings. The summed E-state index contributed by atoms with van der Waals surface area (Å²) in [7, 11) is 3.28. The molecule has 2 aromatic heterocycles. The lowest BCUT2D eigenvalue weighted by Crippen LogP contribution is -2.30. The standard InChI is InChI=1S/C32H34Cl2F3N5O5/c1-40-5-6-41(31(40)38)17-21-14-23(25-18-42(39-30(25)32(35,36)37)7-8-45-11-12-46-10-9-44-2)29-24(15-21)28(43)22(19-47-29)13-20-3-4-26(33)27(34)16-20/h3-6,14-16,18,22,38H,7-13,17,19H2,1-2H3. The summed E-state index contributed by atoms with van der Waals surface area (Å²) < 4.78 is 69.5. The maximum absolute atomic E-state index is 14.4. The molecule has 1 N–H and O–H groups in total. The van der Waals surface area contributed by atoms with E-state index in [-0.39, 0.29) is 66.8 Å². The van der Waals surface area contributed by atoms with Gasteiger partial charge in [-0.3, -0.25) is 14.9 Å². The van der Waals surface area contributed by atoms with E-state index in [0.29, 0.717) is 41.9 Å². The summed E-state index contributed by atoms with van der Waals surface area (Å²) >= 11 is 12.2. The zero-order valence-corrected chi connectivity index (χ0v) is 27.3. The van der Waals surface area contributed by atoms with Gasteiger partial charge in [0.15, 0.2) is 11.5 Å². The largest absolute Gasteiger partial charge is 0.491 e. The molecule has 5 rings (SSSR count). The fourth-order valence-electron chi connectivity index (χ4n) is 5.31. The minimum absolute atomic E-state index is 0.0431. The Hall–Kier alpha value is -3.62. The van der Waals surface area contributed by atoms with E-state index in [1.54, 1.807) is 66.0 Å². The number of carbonyl (C=O) groups is 1. The van der Waals surface area contributed by atoms with Gasteiger partial charge in [0.25, 0.3) is 0 Å². The van der Waals surface area contributed by atoms with Crippen LogP contribution in [-0.2, 0) is 46.9 Å². The van der Waals surface area contributed by atoms with E-state index in [2.05, 4.69) is 5.10 Å². The zero-order valence-electron chi connectivity index (χ0n) is 25.8. The number of imidazole rings is 1. The Kier molecular flexibility index (Phi) is 11.1. The normalized spacial score (nSPS) is 14.8. The van der Waals surface area contributed by atoms with Gasteiger partial charge in [0.1, 0.15) is 5.75 Å². The van der Waals surface area contributed by atoms with Crippen LogP contribution < -0.4 is 10.4 Å². The number of carbonyl (C=O) groups excluding carboxylic acids is 1. The first-order chi connectivity index (χ1) is 22.5. The van der Waals surface area contributed by atoms with Gasteiger partial charge in [-0.1, -0.05) is 29.3 Å². The first-order valence-electron chi connectivity index (χ1n) is 14.8. The number of ether oxygens (including phenoxy) is 4. The van der Waals surface area contributed by atoms with Gasteiger partial charge in [-0.2, -0.15) is 18.3 Å². The smallest absolute Gasteiger partial charge is 0.435 e. The Morgan fingerprint density at radius 1 is 0.979 bits per heavy atom. The van der Waals surface area contributed by atoms with Crippen LogP contribution in [0.4, 0.5) is 13.2 Å². The van der Waals surface area contributed by atoms with Crippen LogP contribution in [0.25, 0.3) is 11.1 Å². The lowest BCUT2D eigenvalue weighted by molar-refractivity contribution is -0.141. The highest BCUT2D eigenvalue weighted by Crippen LogP contribution is 2.44. The van der Waals surface area contributed by atoms with E-state index < -0.39 is 17.8 Å². The molecule has 0 amide bonds. The van der Waals surface area contributed by atoms with Gasteiger partial charge in [0, 0.05) is 43.9 Å². The predicted octanol–water partition coefficient (Wildman–Crippen LogP) is 5.66. The van der Waals surface area contributed by atoms with Gasteiger partial charge < -0.3 is 28.1 Å². The number of halogens is 5. The second-order valence-corrected chi connectivity index (χ2v) is 11.9. The number of hydrogen-bond acceptors (Lipinski definition) is 7. The molecule has 0 bridgehead atoms. The van der Waals surface area contributed by atoms with Gasteiger partial charge in [0.2, 0.25) is 5.62 Å². The zero-order chi connectivity index (χ0) is 33.7. The number of benzene rings is 2. The number of alkyl halides is 3. The topological polar surface area (TPSA) is 106 Å². The molecule has 0 spiro atoms. The molecular formula is C32H34Cl2F3N5O5. The second kappa shape index (κ2) is 15.1. The third-order valence-electron chi connectivity index (χ3n) is 7.70. The molecule has 47 heavy (non-hydrogen) atoms. The SMILES string of the molecule is COCCOCCOCCn1cc(-c2cc(Cn3ccn(C)c3=N)cc3c2OCC(Cc2ccc(Cl)c(Cl)c2)C3=O)c(C(F)(F)F)n1. The van der Waals surface area contributed by atoms with E-state index >= 15 is 0 Å². The Morgan fingerprint density at radius 3 is 2.38 bits per heavy atom. The van der Waals surface area contributed by atoms with Crippen molar-refractivity contribution in [3.8, 4) is 16.9 Å². The summed E-state index contributed by atoms with van der Waals surface area (Å²) in [5.41, 5.74) is 0.387. The molecular weight excluding hydrogens is 662 g/mol. The third kappa shape index (κ3) is 8.28. The molecule has 0 radical (unpaired) electrons. The lowest BCUT2D eigenvalue weighted by Gasteiger charge is -2.27. The maximum Gasteiger partial charge on any atom is 0.435 e. The minimum Gasteiger partial charge on any atom is -0.491 e. The van der Waals surface area contributed by atoms with Gasteiger partial charge in [-0.05, 0) is 41.8 Å². The van der Waals surface area contributed by atoms with Gasteiger partial charge in [-0.25, -0.2) is 0 Å². The number of aromatic nitrogens is 4. The van der Waals surface area contributed by atoms with Crippen LogP contribution in [0.1, 0.15) is 27.2 Å². The van der Waals surface area contributed by atoms with Crippen molar-refractivity contribution in [2.24, 2.45) is 13.0 Å². The average molecular weight is 697 g/mol. The van der Waals surface area contributed by atoms with E-state index in [4.69, 9.17) is 47.6 Å². The highest BCUT2D eigenvalue weighted by Gasteiger charge is 2.40. The number of aryl methyl sites for hydroxylation is 1. The van der Waals surface area contributed by atoms with E-state index in [1.807, 2.05) is 0 Å². The average Bonchev–Trinajstić information content (AvgIpc) is 3.61. The molecule has 1 atom stereocenters. The molecule has 0 saturated carbocycles. The van der Waals surface area contributed by atoms with Gasteiger partial charge in [0.05, 0.1) is 74.3 Å². The minimum atomic E-state index is -4.79. The van der Waals surface area contributed by atoms with Crippen molar-refractivity contribution in [1.82, 2.24) is 18.9 Å². The quantitative estimate of drug-likeness (QED) is 0.171. The molecule has 3 heterocycles. The fourth-order valence-corrected chi connectivity index (χ4v) is 5.63. The Labute approximate surface area is 279 Å². The van der Waals surface area contributed by atoms with Crippen LogP contribution in [0.15, 0.2) is 48.9 Å². The van der Waals surface area contributed by atoms with Crippen LogP contribution in [0, 0.1) is 11.3 Å². The van der Waals surface area contributed by atoms with Crippen molar-refractivity contribution in [3.05, 3.63) is 87.0 Å². The first kappa shape index (κ1) is 34.7. The van der Waals surface area contributed by atoms with Crippen LogP contribution in [0.5, 0.6) is 5.75 Å². The highest BCUT2D eigenvalue weighted by molar-refractivity contribution is 6.42. The maximum atomic E-state index is 14.4. The molecule has 1 aliphatic rings. The molecule has 2 aromatic carbocycles. The third-order valence-corrected chi connectivity index (χ3v) is 8.44. The Bertz CT molecular complexity index is 1790. The number of methoxy groups -OCH3 is 1. The van der Waals surface area contributed by atoms with Crippen molar-refractivity contribution in [2.75, 3.05) is 46.8 Å². The fraction of sp³-hybridized carbons (Fsp3) is 0.406. The number of nitrogens with one attached hydrogen (secondary N) is 1. The van der Waals surface area contributed by atoms with Crippen LogP contribution in [0.2, 0.25) is 10.0 Å². The molecule has 10 nitrogen and oxygen atoms in total. The second-order valence-electron chi connectivity index (χ2n) is 11.1. The molecule has 0 aliphatic carbocycles. The van der Waals surface area contributed by atoms with Crippen molar-refractivity contribution in [1.29, 1.82) is 5.41 Å². The summed E-state index contributed by atoms with van der Waals surface area (Å²) in [4.78, 5) is 13.9. The molecule has 15 heteroatoms. The summed E-state index contributed by atoms with van der Waals surface area (Å²) in [6.07, 6.45) is 0.179. The first-order valence-corrected chi connectivity index (χ1v) is 15.6. The Balaban J connectivity index is 1.48. The van der Waals surface area contributed by atoms with E-state index in [9.17, 15) is 18.0 Å². The molecule has 0 saturated heterocycles. The number of hydrogen-bond donors (Lipinski definition) is 1. The molecule has 4 aromatic rings. The van der Waals surface area contributed by atoms with E-state index in [0.717, 1.165) is 5.56 Å². The Morgan fingerprint density at radius 2 is 1.70 bits per heavy atom. The monoisotopic (exact) mass is 695 g/mol. The number of rotatable bonds is 14. The summed E-state index contributed by atoms with van der Waals surface area (Å²) in [5, 5.41) is 12.9. The molecule has 252 valence electrons. The van der Waals surface area contributed by atoms with Crippen LogP contribution >= 0.6 is 23.2 Å². The lowest BCUT2D eigenvalue weighted by atomic mass is 9.86. The van der Waals surface area contributed by atoms with Gasteiger partial charge >= 0.3 is 6.18 Å². The van der Waals surface area contributed by atoms with Crippen molar-refractivity contribution < 1.29 is 36.9 Å².